The van der Waals surface area contributed by atoms with Crippen molar-refractivity contribution in [2.75, 3.05) is 22.9 Å². The summed E-state index contributed by atoms with van der Waals surface area (Å²) in [5.74, 6) is 3.80. The zero-order valence-corrected chi connectivity index (χ0v) is 59.3. The van der Waals surface area contributed by atoms with Crippen molar-refractivity contribution >= 4 is 57.0 Å². The summed E-state index contributed by atoms with van der Waals surface area (Å²) in [6.45, 7) is 19.7. The topological polar surface area (TPSA) is 66.9 Å². The van der Waals surface area contributed by atoms with Crippen LogP contribution in [0.25, 0.3) is 31.5 Å². The first-order chi connectivity index (χ1) is 43.3. The first-order valence-corrected chi connectivity index (χ1v) is 38.9. The molecule has 5 aromatic rings. The van der Waals surface area contributed by atoms with Gasteiger partial charge in [0, 0.05) is 43.6 Å². The first kappa shape index (κ1) is 70.7. The summed E-state index contributed by atoms with van der Waals surface area (Å²) in [6, 6.07) is 21.8. The quantitative estimate of drug-likeness (QED) is 0.0375. The number of amides is 2. The summed E-state index contributed by atoms with van der Waals surface area (Å²) in [5, 5.41) is 1.79. The lowest BCUT2D eigenvalue weighted by Crippen LogP contribution is -2.35. The van der Waals surface area contributed by atoms with E-state index in [-0.39, 0.29) is 22.6 Å². The molecule has 3 aliphatic rings. The minimum absolute atomic E-state index is 0.0196. The molecule has 0 aliphatic carbocycles. The van der Waals surface area contributed by atoms with Crippen LogP contribution in [0, 0.1) is 11.8 Å². The van der Waals surface area contributed by atoms with E-state index in [1.807, 2.05) is 17.4 Å². The number of benzene rings is 1. The smallest absolute Gasteiger partial charge is 0.262 e. The highest BCUT2D eigenvalue weighted by molar-refractivity contribution is 7.23. The van der Waals surface area contributed by atoms with Crippen molar-refractivity contribution < 1.29 is 18.4 Å². The standard InChI is InChI=1S/C81H122N2O4S2/c1-9-12-15-18-21-24-26-31-36-41-46-62-47-43-38-33-28-29-34-39-44-57-81(7,8)74-55-51-70(87-74)77-65-59-66-64(76(78(84)82(66)60-62)69-50-49-68(86-69)71-52-53-72(88-71)73-54-56-75(89-73)80(4,5)6)58-67(65)83(79(77)85)61-63(45-40-35-30-23-20-17-14-11-3)48-42-37-32-27-25-22-19-16-13-10-2/h49-56,58-59,62-63H,9-48,57,60-61H2,1-8H3. The molecule has 7 heterocycles. The molecule has 6 nitrogen and oxygen atoms in total. The van der Waals surface area contributed by atoms with Crippen LogP contribution in [0.2, 0.25) is 0 Å². The van der Waals surface area contributed by atoms with Crippen LogP contribution in [-0.4, -0.2) is 24.9 Å². The van der Waals surface area contributed by atoms with E-state index in [2.05, 4.69) is 120 Å². The Morgan fingerprint density at radius 1 is 0.494 bits per heavy atom. The summed E-state index contributed by atoms with van der Waals surface area (Å²) >= 11 is 3.62. The predicted octanol–water partition coefficient (Wildman–Crippen LogP) is 24.3. The zero-order chi connectivity index (χ0) is 62.9. The van der Waals surface area contributed by atoms with Crippen LogP contribution in [0.1, 0.15) is 341 Å². The highest BCUT2D eigenvalue weighted by atomic mass is 32.1. The fourth-order valence-corrected chi connectivity index (χ4v) is 16.8. The number of fused-ring (bicyclic) bond motifs is 3. The Kier molecular flexibility index (Phi) is 29.3. The molecule has 0 spiro atoms. The Bertz CT molecular complexity index is 3010. The van der Waals surface area contributed by atoms with E-state index < -0.39 is 0 Å². The lowest BCUT2D eigenvalue weighted by molar-refractivity contribution is -0.114. The van der Waals surface area contributed by atoms with Crippen molar-refractivity contribution in [2.45, 2.75) is 329 Å². The third-order valence-electron chi connectivity index (χ3n) is 20.4. The number of rotatable bonds is 36. The maximum atomic E-state index is 15.9. The summed E-state index contributed by atoms with van der Waals surface area (Å²) in [6.07, 6.45) is 52.3. The molecule has 8 rings (SSSR count). The van der Waals surface area contributed by atoms with E-state index in [1.54, 1.807) is 11.3 Å². The average molecular weight is 1250 g/mol. The molecular weight excluding hydrogens is 1130 g/mol. The predicted molar refractivity (Wildman–Crippen MR) is 384 cm³/mol. The lowest BCUT2D eigenvalue weighted by atomic mass is 9.84. The summed E-state index contributed by atoms with van der Waals surface area (Å²) in [5.41, 5.74) is 3.02. The molecule has 1 aromatic carbocycles. The van der Waals surface area contributed by atoms with E-state index in [9.17, 15) is 0 Å². The molecule has 4 aromatic heterocycles. The van der Waals surface area contributed by atoms with Crippen LogP contribution >= 0.6 is 22.7 Å². The van der Waals surface area contributed by atoms with Crippen molar-refractivity contribution in [3.8, 4) is 20.4 Å². The summed E-state index contributed by atoms with van der Waals surface area (Å²) in [4.78, 5) is 41.0. The summed E-state index contributed by atoms with van der Waals surface area (Å²) < 4.78 is 14.0. The maximum absolute atomic E-state index is 15.9. The number of unbranched alkanes of at least 4 members (excludes halogenated alkanes) is 25. The highest BCUT2D eigenvalue weighted by Crippen LogP contribution is 2.43. The molecule has 2 amide bonds. The third kappa shape index (κ3) is 20.9. The maximum Gasteiger partial charge on any atom is 0.262 e. The number of thiophene rings is 2. The number of furan rings is 2. The van der Waals surface area contributed by atoms with Gasteiger partial charge >= 0.3 is 0 Å². The van der Waals surface area contributed by atoms with Gasteiger partial charge in [0.2, 0.25) is 0 Å². The lowest BCUT2D eigenvalue weighted by Gasteiger charge is -2.27. The third-order valence-corrected chi connectivity index (χ3v) is 23.2. The second-order valence-corrected chi connectivity index (χ2v) is 31.7. The number of anilines is 2. The van der Waals surface area contributed by atoms with Gasteiger partial charge in [-0.1, -0.05) is 287 Å². The van der Waals surface area contributed by atoms with Gasteiger partial charge in [0.1, 0.15) is 23.0 Å². The second kappa shape index (κ2) is 36.9. The fraction of sp³-hybridized carbons (Fsp3) is 0.679. The Labute approximate surface area is 550 Å². The van der Waals surface area contributed by atoms with E-state index in [0.717, 1.165) is 70.3 Å². The van der Waals surface area contributed by atoms with Crippen molar-refractivity contribution in [1.82, 2.24) is 0 Å². The zero-order valence-electron chi connectivity index (χ0n) is 57.7. The fourth-order valence-electron chi connectivity index (χ4n) is 14.7. The summed E-state index contributed by atoms with van der Waals surface area (Å²) in [7, 11) is 0. The molecule has 0 saturated carbocycles. The number of nitrogens with zero attached hydrogens (tertiary/aromatic N) is 2. The van der Waals surface area contributed by atoms with Crippen LogP contribution in [-0.2, 0) is 20.4 Å². The van der Waals surface area contributed by atoms with Crippen molar-refractivity contribution in [2.24, 2.45) is 11.8 Å². The molecule has 0 saturated heterocycles. The molecule has 2 atom stereocenters. The molecule has 0 radical (unpaired) electrons. The molecule has 0 fully saturated rings. The Morgan fingerprint density at radius 3 is 1.54 bits per heavy atom. The van der Waals surface area contributed by atoms with Crippen molar-refractivity contribution in [3.63, 3.8) is 0 Å². The van der Waals surface area contributed by atoms with E-state index in [1.165, 1.54) is 246 Å². The van der Waals surface area contributed by atoms with E-state index in [0.29, 0.717) is 47.6 Å². The molecule has 0 N–H and O–H groups in total. The Morgan fingerprint density at radius 2 is 0.955 bits per heavy atom. The minimum atomic E-state index is -0.168. The van der Waals surface area contributed by atoms with Crippen LogP contribution in [0.5, 0.6) is 0 Å². The normalized spacial score (nSPS) is 17.1. The Hall–Kier alpha value is -4.14. The van der Waals surface area contributed by atoms with Gasteiger partial charge in [0.25, 0.3) is 11.8 Å². The van der Waals surface area contributed by atoms with Crippen molar-refractivity contribution in [3.05, 3.63) is 93.3 Å². The number of hydrogen-bond acceptors (Lipinski definition) is 6. The number of carbonyl (C=O) groups excluding carboxylic acids is 2. The van der Waals surface area contributed by atoms with Gasteiger partial charge in [-0.2, -0.15) is 0 Å². The molecule has 2 unspecified atom stereocenters. The average Bonchev–Trinajstić information content (AvgIpc) is 1.59. The van der Waals surface area contributed by atoms with Crippen molar-refractivity contribution in [1.29, 1.82) is 0 Å². The largest absolute Gasteiger partial charge is 0.460 e. The van der Waals surface area contributed by atoms with Crippen LogP contribution < -0.4 is 20.2 Å². The molecule has 3 aliphatic heterocycles. The second-order valence-electron chi connectivity index (χ2n) is 29.6. The number of carbonyl (C=O) groups is 2. The van der Waals surface area contributed by atoms with Gasteiger partial charge < -0.3 is 18.6 Å². The first-order valence-electron chi connectivity index (χ1n) is 37.3. The molecule has 89 heavy (non-hydrogen) atoms. The monoisotopic (exact) mass is 1250 g/mol. The highest BCUT2D eigenvalue weighted by Gasteiger charge is 2.39. The van der Waals surface area contributed by atoms with E-state index in [4.69, 9.17) is 8.83 Å². The van der Waals surface area contributed by atoms with Crippen LogP contribution in [0.4, 0.5) is 11.4 Å². The molecule has 4 bridgehead atoms. The van der Waals surface area contributed by atoms with Gasteiger partial charge in [-0.25, -0.2) is 0 Å². The molecule has 8 heteroatoms. The minimum Gasteiger partial charge on any atom is -0.460 e. The molecular formula is C81H122N2O4S2. The van der Waals surface area contributed by atoms with Gasteiger partial charge in [-0.3, -0.25) is 9.59 Å². The van der Waals surface area contributed by atoms with Gasteiger partial charge in [0.15, 0.2) is 0 Å². The van der Waals surface area contributed by atoms with Crippen LogP contribution in [0.3, 0.4) is 0 Å². The Balaban J connectivity index is 1.17. The number of hydrogen-bond donors (Lipinski definition) is 0. The van der Waals surface area contributed by atoms with E-state index >= 15 is 9.59 Å². The SMILES string of the molecule is CCCCCCCCCCCCC1CCCCCCCCCCC(C)(C)c2ccc(o2)C2=c3cc4c(cc3N(CC(CCCCCCCCCC)CCCCCCCCCCCC)C2=O)=C(c2ccc(-c3ccc(-c5ccc(C(C)(C)C)s5)s3)o2)C(=O)N4C1. The van der Waals surface area contributed by atoms with Gasteiger partial charge in [-0.15, -0.1) is 22.7 Å². The van der Waals surface area contributed by atoms with Gasteiger partial charge in [0.05, 0.1) is 27.4 Å². The van der Waals surface area contributed by atoms with Crippen LogP contribution in [0.15, 0.2) is 69.5 Å². The molecule has 492 valence electrons. The van der Waals surface area contributed by atoms with Gasteiger partial charge in [-0.05, 0) is 110 Å².